The average Bonchev–Trinajstić information content (AvgIpc) is 2.92. The normalized spacial score (nSPS) is 20.9. The minimum Gasteiger partial charge on any atom is -0.463 e. The molecule has 1 aromatic heterocycles. The zero-order chi connectivity index (χ0) is 14.7. The molecule has 6 heteroatoms. The molecule has 20 heavy (non-hydrogen) atoms. The van der Waals surface area contributed by atoms with Gasteiger partial charge in [0.25, 0.3) is 0 Å². The first-order valence-electron chi connectivity index (χ1n) is 6.69. The largest absolute Gasteiger partial charge is 0.463 e. The van der Waals surface area contributed by atoms with Gasteiger partial charge in [0.1, 0.15) is 5.76 Å². The Morgan fingerprint density at radius 1 is 1.55 bits per heavy atom. The second-order valence-electron chi connectivity index (χ2n) is 5.09. The number of carbonyl (C=O) groups excluding carboxylic acids is 2. The number of likely N-dealkylation sites (tertiary alicyclic amines) is 1. The van der Waals surface area contributed by atoms with E-state index < -0.39 is 5.97 Å². The Kier molecular flexibility index (Phi) is 4.44. The van der Waals surface area contributed by atoms with Crippen LogP contribution >= 0.6 is 0 Å². The zero-order valence-corrected chi connectivity index (χ0v) is 12.0. The molecule has 6 nitrogen and oxygen atoms in total. The molecule has 2 atom stereocenters. The van der Waals surface area contributed by atoms with Crippen LogP contribution in [0.3, 0.4) is 0 Å². The number of esters is 1. The first kappa shape index (κ1) is 14.6. The smallest absolute Gasteiger partial charge is 0.373 e. The summed E-state index contributed by atoms with van der Waals surface area (Å²) in [6, 6.07) is 3.58. The van der Waals surface area contributed by atoms with Gasteiger partial charge in [-0.2, -0.15) is 0 Å². The second kappa shape index (κ2) is 6.09. The van der Waals surface area contributed by atoms with E-state index in [1.807, 2.05) is 14.0 Å². The predicted molar refractivity (Wildman–Crippen MR) is 72.3 cm³/mol. The molecule has 1 fully saturated rings. The van der Waals surface area contributed by atoms with Crippen LogP contribution in [0.5, 0.6) is 0 Å². The summed E-state index contributed by atoms with van der Waals surface area (Å²) in [6.07, 6.45) is 1.38. The predicted octanol–water partition coefficient (Wildman–Crippen LogP) is 1.34. The van der Waals surface area contributed by atoms with Crippen LogP contribution in [-0.2, 0) is 9.53 Å². The van der Waals surface area contributed by atoms with E-state index in [-0.39, 0.29) is 23.8 Å². The lowest BCUT2D eigenvalue weighted by molar-refractivity contribution is -0.132. The SMILES string of the molecule is COC(=O)c1ccc(C(C)NC2CCC(=O)N(C)C2)o1. The Hall–Kier alpha value is -1.82. The summed E-state index contributed by atoms with van der Waals surface area (Å²) in [5, 5.41) is 3.42. The number of carbonyl (C=O) groups is 2. The molecule has 2 unspecified atom stereocenters. The van der Waals surface area contributed by atoms with Crippen LogP contribution in [0.2, 0.25) is 0 Å². The number of ether oxygens (including phenoxy) is 1. The lowest BCUT2D eigenvalue weighted by atomic mass is 10.0. The second-order valence-corrected chi connectivity index (χ2v) is 5.09. The summed E-state index contributed by atoms with van der Waals surface area (Å²) < 4.78 is 10.1. The Morgan fingerprint density at radius 3 is 2.95 bits per heavy atom. The highest BCUT2D eigenvalue weighted by Gasteiger charge is 2.25. The minimum atomic E-state index is -0.480. The summed E-state index contributed by atoms with van der Waals surface area (Å²) in [6.45, 7) is 2.66. The summed E-state index contributed by atoms with van der Waals surface area (Å²) >= 11 is 0. The van der Waals surface area contributed by atoms with Gasteiger partial charge in [-0.15, -0.1) is 0 Å². The molecule has 0 saturated carbocycles. The molecule has 1 aromatic rings. The van der Waals surface area contributed by atoms with Crippen molar-refractivity contribution in [3.63, 3.8) is 0 Å². The van der Waals surface area contributed by atoms with Crippen molar-refractivity contribution in [1.29, 1.82) is 0 Å². The molecular weight excluding hydrogens is 260 g/mol. The van der Waals surface area contributed by atoms with Crippen molar-refractivity contribution in [2.75, 3.05) is 20.7 Å². The molecule has 2 heterocycles. The molecule has 0 aromatic carbocycles. The third-order valence-corrected chi connectivity index (χ3v) is 3.55. The van der Waals surface area contributed by atoms with Crippen molar-refractivity contribution < 1.29 is 18.7 Å². The Balaban J connectivity index is 1.94. The summed E-state index contributed by atoms with van der Waals surface area (Å²) in [5.74, 6) is 0.588. The lowest BCUT2D eigenvalue weighted by Crippen LogP contribution is -2.47. The van der Waals surface area contributed by atoms with Crippen molar-refractivity contribution in [3.05, 3.63) is 23.7 Å². The number of hydrogen-bond donors (Lipinski definition) is 1. The number of furan rings is 1. The highest BCUT2D eigenvalue weighted by atomic mass is 16.5. The maximum atomic E-state index is 11.4. The molecule has 1 saturated heterocycles. The number of likely N-dealkylation sites (N-methyl/N-ethyl adjacent to an activating group) is 1. The van der Waals surface area contributed by atoms with Crippen LogP contribution in [0.4, 0.5) is 0 Å². The van der Waals surface area contributed by atoms with Crippen molar-refractivity contribution in [3.8, 4) is 0 Å². The van der Waals surface area contributed by atoms with Gasteiger partial charge in [0.15, 0.2) is 0 Å². The van der Waals surface area contributed by atoms with Gasteiger partial charge in [-0.05, 0) is 25.5 Å². The fraction of sp³-hybridized carbons (Fsp3) is 0.571. The maximum absolute atomic E-state index is 11.4. The third-order valence-electron chi connectivity index (χ3n) is 3.55. The monoisotopic (exact) mass is 280 g/mol. The number of methoxy groups -OCH3 is 1. The molecule has 1 aliphatic rings. The molecule has 2 rings (SSSR count). The molecule has 1 N–H and O–H groups in total. The molecule has 1 amide bonds. The summed E-state index contributed by atoms with van der Waals surface area (Å²) in [4.78, 5) is 24.5. The number of hydrogen-bond acceptors (Lipinski definition) is 5. The minimum absolute atomic E-state index is 0.0278. The third kappa shape index (κ3) is 3.19. The average molecular weight is 280 g/mol. The molecule has 0 bridgehead atoms. The molecule has 0 aliphatic carbocycles. The Bertz CT molecular complexity index is 497. The highest BCUT2D eigenvalue weighted by molar-refractivity contribution is 5.86. The maximum Gasteiger partial charge on any atom is 0.373 e. The van der Waals surface area contributed by atoms with Crippen LogP contribution in [0, 0.1) is 0 Å². The highest BCUT2D eigenvalue weighted by Crippen LogP contribution is 2.19. The van der Waals surface area contributed by atoms with E-state index in [9.17, 15) is 9.59 Å². The Labute approximate surface area is 118 Å². The van der Waals surface area contributed by atoms with Crippen LogP contribution in [0.15, 0.2) is 16.5 Å². The van der Waals surface area contributed by atoms with E-state index >= 15 is 0 Å². The number of nitrogens with zero attached hydrogens (tertiary/aromatic N) is 1. The number of rotatable bonds is 4. The molecular formula is C14H20N2O4. The number of piperidine rings is 1. The molecule has 0 spiro atoms. The van der Waals surface area contributed by atoms with Gasteiger partial charge in [-0.25, -0.2) is 4.79 Å². The van der Waals surface area contributed by atoms with Crippen molar-refractivity contribution in [2.45, 2.75) is 31.8 Å². The van der Waals surface area contributed by atoms with E-state index in [0.29, 0.717) is 18.7 Å². The van der Waals surface area contributed by atoms with Gasteiger partial charge in [0.05, 0.1) is 13.2 Å². The Morgan fingerprint density at radius 2 is 2.30 bits per heavy atom. The lowest BCUT2D eigenvalue weighted by Gasteiger charge is -2.31. The van der Waals surface area contributed by atoms with Crippen LogP contribution in [-0.4, -0.2) is 43.5 Å². The molecule has 0 radical (unpaired) electrons. The van der Waals surface area contributed by atoms with Gasteiger partial charge >= 0.3 is 5.97 Å². The van der Waals surface area contributed by atoms with Crippen LogP contribution in [0.1, 0.15) is 42.1 Å². The van der Waals surface area contributed by atoms with Gasteiger partial charge in [0, 0.05) is 26.1 Å². The summed E-state index contributed by atoms with van der Waals surface area (Å²) in [5.41, 5.74) is 0. The van der Waals surface area contributed by atoms with E-state index in [1.165, 1.54) is 7.11 Å². The van der Waals surface area contributed by atoms with E-state index in [4.69, 9.17) is 4.42 Å². The quantitative estimate of drug-likeness (QED) is 0.843. The van der Waals surface area contributed by atoms with E-state index in [0.717, 1.165) is 6.42 Å². The fourth-order valence-corrected chi connectivity index (χ4v) is 2.38. The standard InChI is InChI=1S/C14H20N2O4/c1-9(11-5-6-12(20-11)14(18)19-3)15-10-4-7-13(17)16(2)8-10/h5-6,9-10,15H,4,7-8H2,1-3H3. The van der Waals surface area contributed by atoms with Gasteiger partial charge in [-0.1, -0.05) is 0 Å². The summed E-state index contributed by atoms with van der Waals surface area (Å²) in [7, 11) is 3.13. The molecule has 1 aliphatic heterocycles. The van der Waals surface area contributed by atoms with Crippen LogP contribution in [0.25, 0.3) is 0 Å². The van der Waals surface area contributed by atoms with E-state index in [2.05, 4.69) is 10.1 Å². The van der Waals surface area contributed by atoms with Gasteiger partial charge < -0.3 is 19.4 Å². The number of nitrogens with one attached hydrogen (secondary N) is 1. The fourth-order valence-electron chi connectivity index (χ4n) is 2.38. The van der Waals surface area contributed by atoms with Crippen molar-refractivity contribution in [1.82, 2.24) is 10.2 Å². The van der Waals surface area contributed by atoms with Gasteiger partial charge in [0.2, 0.25) is 11.7 Å². The van der Waals surface area contributed by atoms with Crippen molar-refractivity contribution in [2.24, 2.45) is 0 Å². The van der Waals surface area contributed by atoms with Crippen molar-refractivity contribution >= 4 is 11.9 Å². The zero-order valence-electron chi connectivity index (χ0n) is 12.0. The van der Waals surface area contributed by atoms with E-state index in [1.54, 1.807) is 17.0 Å². The molecule has 110 valence electrons. The van der Waals surface area contributed by atoms with Gasteiger partial charge in [-0.3, -0.25) is 4.79 Å². The van der Waals surface area contributed by atoms with Crippen LogP contribution < -0.4 is 5.32 Å². The first-order valence-corrected chi connectivity index (χ1v) is 6.69. The topological polar surface area (TPSA) is 71.8 Å². The number of amides is 1. The first-order chi connectivity index (χ1) is 9.51.